The van der Waals surface area contributed by atoms with Crippen molar-refractivity contribution in [3.63, 3.8) is 0 Å². The molecule has 1 N–H and O–H groups in total. The molecule has 20 heavy (non-hydrogen) atoms. The molecular formula is C13H18N2O3S2. The van der Waals surface area contributed by atoms with Crippen molar-refractivity contribution in [3.05, 3.63) is 35.4 Å². The van der Waals surface area contributed by atoms with Crippen LogP contribution in [0.3, 0.4) is 0 Å². The number of benzene rings is 1. The van der Waals surface area contributed by atoms with Gasteiger partial charge in [-0.05, 0) is 25.0 Å². The highest BCUT2D eigenvalue weighted by Gasteiger charge is 2.17. The zero-order valence-corrected chi connectivity index (χ0v) is 13.1. The van der Waals surface area contributed by atoms with E-state index in [0.717, 1.165) is 0 Å². The van der Waals surface area contributed by atoms with Gasteiger partial charge >= 0.3 is 0 Å². The number of nitriles is 1. The first-order valence-corrected chi connectivity index (χ1v) is 9.50. The summed E-state index contributed by atoms with van der Waals surface area (Å²) in [6, 6.07) is 8.32. The van der Waals surface area contributed by atoms with Gasteiger partial charge in [0.2, 0.25) is 10.0 Å². The average molecular weight is 314 g/mol. The first kappa shape index (κ1) is 16.8. The Morgan fingerprint density at radius 1 is 1.40 bits per heavy atom. The van der Waals surface area contributed by atoms with E-state index in [-0.39, 0.29) is 11.8 Å². The van der Waals surface area contributed by atoms with E-state index in [2.05, 4.69) is 4.72 Å². The predicted molar refractivity (Wildman–Crippen MR) is 79.9 cm³/mol. The van der Waals surface area contributed by atoms with Crippen LogP contribution in [-0.2, 0) is 26.6 Å². The van der Waals surface area contributed by atoms with Crippen LogP contribution >= 0.6 is 0 Å². The molecule has 2 atom stereocenters. The van der Waals surface area contributed by atoms with Gasteiger partial charge in [-0.1, -0.05) is 18.2 Å². The molecule has 7 heteroatoms. The smallest absolute Gasteiger partial charge is 0.216 e. The number of rotatable bonds is 7. The number of hydrogen-bond acceptors (Lipinski definition) is 4. The van der Waals surface area contributed by atoms with Gasteiger partial charge in [-0.2, -0.15) is 5.26 Å². The Bertz CT molecular complexity index is 621. The maximum Gasteiger partial charge on any atom is 0.216 e. The molecule has 2 unspecified atom stereocenters. The molecule has 1 aromatic carbocycles. The van der Waals surface area contributed by atoms with Crippen molar-refractivity contribution in [2.45, 2.75) is 25.1 Å². The van der Waals surface area contributed by atoms with E-state index in [9.17, 15) is 12.6 Å². The van der Waals surface area contributed by atoms with Gasteiger partial charge in [-0.25, -0.2) is 13.1 Å². The van der Waals surface area contributed by atoms with Gasteiger partial charge in [0.05, 0.1) is 17.4 Å². The lowest BCUT2D eigenvalue weighted by atomic mass is 10.1. The van der Waals surface area contributed by atoms with Crippen LogP contribution < -0.4 is 4.72 Å². The standard InChI is InChI=1S/C13H18N2O3S2/c1-11(7-8-19(2)16)15-20(17,18)10-13-6-4-3-5-12(13)9-14/h3-6,11,15H,7-8,10H2,1-2H3. The van der Waals surface area contributed by atoms with Gasteiger partial charge in [-0.3, -0.25) is 4.21 Å². The van der Waals surface area contributed by atoms with Gasteiger partial charge in [0.1, 0.15) is 0 Å². The molecule has 0 aliphatic carbocycles. The molecule has 0 radical (unpaired) electrons. The highest BCUT2D eigenvalue weighted by Crippen LogP contribution is 2.11. The molecule has 1 aromatic rings. The monoisotopic (exact) mass is 314 g/mol. The minimum atomic E-state index is -3.51. The first-order chi connectivity index (χ1) is 9.34. The van der Waals surface area contributed by atoms with E-state index in [1.54, 1.807) is 37.4 Å². The maximum absolute atomic E-state index is 12.0. The molecule has 0 aromatic heterocycles. The molecule has 0 heterocycles. The van der Waals surface area contributed by atoms with Crippen molar-refractivity contribution in [2.24, 2.45) is 0 Å². The van der Waals surface area contributed by atoms with Gasteiger partial charge in [0.25, 0.3) is 0 Å². The van der Waals surface area contributed by atoms with Crippen LogP contribution in [-0.4, -0.2) is 30.7 Å². The summed E-state index contributed by atoms with van der Waals surface area (Å²) in [7, 11) is -4.45. The molecule has 0 amide bonds. The zero-order valence-electron chi connectivity index (χ0n) is 11.5. The number of hydrogen-bond donors (Lipinski definition) is 1. The van der Waals surface area contributed by atoms with Crippen molar-refractivity contribution in [3.8, 4) is 6.07 Å². The second-order valence-corrected chi connectivity index (χ2v) is 7.92. The SMILES string of the molecule is CC(CCS(C)=O)NS(=O)(=O)Cc1ccccc1C#N. The van der Waals surface area contributed by atoms with Crippen molar-refractivity contribution >= 4 is 20.8 Å². The van der Waals surface area contributed by atoms with Crippen LogP contribution in [0, 0.1) is 11.3 Å². The summed E-state index contributed by atoms with van der Waals surface area (Å²) >= 11 is 0. The molecule has 0 saturated carbocycles. The minimum Gasteiger partial charge on any atom is -0.260 e. The molecule has 5 nitrogen and oxygen atoms in total. The first-order valence-electron chi connectivity index (χ1n) is 6.12. The van der Waals surface area contributed by atoms with Crippen molar-refractivity contribution in [1.82, 2.24) is 4.72 Å². The normalized spacial score (nSPS) is 14.4. The average Bonchev–Trinajstić information content (AvgIpc) is 2.36. The lowest BCUT2D eigenvalue weighted by molar-refractivity contribution is 0.555. The van der Waals surface area contributed by atoms with Gasteiger partial charge in [0.15, 0.2) is 0 Å². The molecule has 0 bridgehead atoms. The van der Waals surface area contributed by atoms with E-state index in [1.807, 2.05) is 6.07 Å². The van der Waals surface area contributed by atoms with Gasteiger partial charge in [-0.15, -0.1) is 0 Å². The number of sulfonamides is 1. The van der Waals surface area contributed by atoms with Crippen LogP contribution in [0.15, 0.2) is 24.3 Å². The van der Waals surface area contributed by atoms with Gasteiger partial charge < -0.3 is 0 Å². The fourth-order valence-electron chi connectivity index (χ4n) is 1.71. The second-order valence-electron chi connectivity index (χ2n) is 4.61. The molecule has 0 fully saturated rings. The summed E-state index contributed by atoms with van der Waals surface area (Å²) in [5.41, 5.74) is 0.842. The Kier molecular flexibility index (Phi) is 6.33. The fraction of sp³-hybridized carbons (Fsp3) is 0.462. The number of nitrogens with zero attached hydrogens (tertiary/aromatic N) is 1. The van der Waals surface area contributed by atoms with E-state index in [0.29, 0.717) is 23.3 Å². The summed E-state index contributed by atoms with van der Waals surface area (Å²) in [5.74, 6) is 0.231. The number of nitrogens with one attached hydrogen (secondary N) is 1. The van der Waals surface area contributed by atoms with Gasteiger partial charge in [0, 0.05) is 28.9 Å². The van der Waals surface area contributed by atoms with Crippen LogP contribution in [0.4, 0.5) is 0 Å². The quantitative estimate of drug-likeness (QED) is 0.817. The Labute approximate surface area is 122 Å². The van der Waals surface area contributed by atoms with Crippen LogP contribution in [0.1, 0.15) is 24.5 Å². The molecule has 1 rings (SSSR count). The zero-order chi connectivity index (χ0) is 15.2. The third kappa shape index (κ3) is 5.82. The summed E-state index contributed by atoms with van der Waals surface area (Å²) in [5, 5.41) is 8.94. The Hall–Kier alpha value is -1.23. The maximum atomic E-state index is 12.0. The van der Waals surface area contributed by atoms with E-state index in [4.69, 9.17) is 5.26 Å². The Morgan fingerprint density at radius 3 is 2.65 bits per heavy atom. The molecular weight excluding hydrogens is 296 g/mol. The van der Waals surface area contributed by atoms with Crippen molar-refractivity contribution in [1.29, 1.82) is 5.26 Å². The van der Waals surface area contributed by atoms with E-state index in [1.165, 1.54) is 0 Å². The van der Waals surface area contributed by atoms with E-state index < -0.39 is 20.8 Å². The topological polar surface area (TPSA) is 87.0 Å². The third-order valence-corrected chi connectivity index (χ3v) is 4.97. The van der Waals surface area contributed by atoms with Crippen molar-refractivity contribution in [2.75, 3.05) is 12.0 Å². The predicted octanol–water partition coefficient (Wildman–Crippen LogP) is 1.13. The molecule has 110 valence electrons. The second kappa shape index (κ2) is 7.53. The highest BCUT2D eigenvalue weighted by atomic mass is 32.2. The van der Waals surface area contributed by atoms with Crippen LogP contribution in [0.5, 0.6) is 0 Å². The minimum absolute atomic E-state index is 0.226. The molecule has 0 saturated heterocycles. The lowest BCUT2D eigenvalue weighted by Crippen LogP contribution is -2.34. The molecule has 0 spiro atoms. The highest BCUT2D eigenvalue weighted by molar-refractivity contribution is 7.88. The molecule has 0 aliphatic rings. The summed E-state index contributed by atoms with van der Waals surface area (Å²) in [6.45, 7) is 1.74. The van der Waals surface area contributed by atoms with Crippen molar-refractivity contribution < 1.29 is 12.6 Å². The lowest BCUT2D eigenvalue weighted by Gasteiger charge is -2.14. The molecule has 0 aliphatic heterocycles. The van der Waals surface area contributed by atoms with Crippen LogP contribution in [0.2, 0.25) is 0 Å². The summed E-state index contributed by atoms with van der Waals surface area (Å²) in [4.78, 5) is 0. The van der Waals surface area contributed by atoms with Crippen LogP contribution in [0.25, 0.3) is 0 Å². The summed E-state index contributed by atoms with van der Waals surface area (Å²) in [6.07, 6.45) is 2.10. The fourth-order valence-corrected chi connectivity index (χ4v) is 3.87. The Balaban J connectivity index is 2.71. The van der Waals surface area contributed by atoms with E-state index >= 15 is 0 Å². The largest absolute Gasteiger partial charge is 0.260 e. The Morgan fingerprint density at radius 2 is 2.05 bits per heavy atom. The summed E-state index contributed by atoms with van der Waals surface area (Å²) < 4.78 is 37.6. The third-order valence-electron chi connectivity index (χ3n) is 2.70.